The first kappa shape index (κ1) is 18.9. The summed E-state index contributed by atoms with van der Waals surface area (Å²) in [6.45, 7) is 2.78. The topological polar surface area (TPSA) is 50.2 Å². The van der Waals surface area contributed by atoms with Crippen molar-refractivity contribution in [2.24, 2.45) is 0 Å². The maximum Gasteiger partial charge on any atom is 0.251 e. The maximum absolute atomic E-state index is 12.7. The second kappa shape index (κ2) is 8.71. The molecule has 1 aliphatic rings. The molecule has 1 aromatic heterocycles. The van der Waals surface area contributed by atoms with Crippen molar-refractivity contribution in [1.82, 2.24) is 20.0 Å². The predicted molar refractivity (Wildman–Crippen MR) is 114 cm³/mol. The number of carbonyl (C=O) groups excluding carboxylic acids is 1. The van der Waals surface area contributed by atoms with E-state index in [0.717, 1.165) is 23.2 Å². The molecule has 5 nitrogen and oxygen atoms in total. The first-order valence-corrected chi connectivity index (χ1v) is 10.4. The maximum atomic E-state index is 12.7. The number of hydrogen-bond donors (Lipinski definition) is 1. The molecule has 1 N–H and O–H groups in total. The molecule has 1 amide bonds. The van der Waals surface area contributed by atoms with E-state index in [4.69, 9.17) is 0 Å². The van der Waals surface area contributed by atoms with Gasteiger partial charge in [-0.2, -0.15) is 5.10 Å². The number of amides is 1. The molecule has 1 atom stereocenters. The highest BCUT2D eigenvalue weighted by atomic mass is 79.9. The fourth-order valence-corrected chi connectivity index (χ4v) is 3.97. The standard InChI is InChI=1S/C22H23BrN4O/c23-19-14-25-27(16-19)20-10-8-18(9-11-20)22(28)24-15-21(26-12-4-5-13-26)17-6-2-1-3-7-17/h1-3,6-11,14,16,21H,4-5,12-13,15H2,(H,24,28). The van der Waals surface area contributed by atoms with Gasteiger partial charge in [-0.3, -0.25) is 9.69 Å². The molecule has 0 spiro atoms. The van der Waals surface area contributed by atoms with Gasteiger partial charge in [-0.15, -0.1) is 0 Å². The highest BCUT2D eigenvalue weighted by Gasteiger charge is 2.23. The van der Waals surface area contributed by atoms with Crippen molar-refractivity contribution >= 4 is 21.8 Å². The van der Waals surface area contributed by atoms with Crippen LogP contribution in [-0.4, -0.2) is 40.2 Å². The van der Waals surface area contributed by atoms with E-state index < -0.39 is 0 Å². The Bertz CT molecular complexity index is 917. The van der Waals surface area contributed by atoms with E-state index in [1.165, 1.54) is 18.4 Å². The third kappa shape index (κ3) is 4.34. The summed E-state index contributed by atoms with van der Waals surface area (Å²) in [6, 6.07) is 18.2. The van der Waals surface area contributed by atoms with Gasteiger partial charge in [0.1, 0.15) is 0 Å². The summed E-state index contributed by atoms with van der Waals surface area (Å²) in [6.07, 6.45) is 6.07. The van der Waals surface area contributed by atoms with E-state index in [0.29, 0.717) is 12.1 Å². The third-order valence-electron chi connectivity index (χ3n) is 5.17. The van der Waals surface area contributed by atoms with Crippen molar-refractivity contribution in [3.05, 3.63) is 82.6 Å². The van der Waals surface area contributed by atoms with E-state index in [1.54, 1.807) is 10.9 Å². The summed E-state index contributed by atoms with van der Waals surface area (Å²) in [5, 5.41) is 7.39. The minimum absolute atomic E-state index is 0.0478. The molecule has 2 heterocycles. The molecule has 6 heteroatoms. The molecule has 3 aromatic rings. The van der Waals surface area contributed by atoms with Crippen LogP contribution in [0.3, 0.4) is 0 Å². The minimum Gasteiger partial charge on any atom is -0.350 e. The molecule has 1 aliphatic heterocycles. The smallest absolute Gasteiger partial charge is 0.251 e. The van der Waals surface area contributed by atoms with Gasteiger partial charge in [0.2, 0.25) is 0 Å². The SMILES string of the molecule is O=C(NCC(c1ccccc1)N1CCCC1)c1ccc(-n2cc(Br)cn2)cc1. The molecule has 0 radical (unpaired) electrons. The van der Waals surface area contributed by atoms with Crippen molar-refractivity contribution < 1.29 is 4.79 Å². The van der Waals surface area contributed by atoms with Crippen LogP contribution in [0.1, 0.15) is 34.8 Å². The molecule has 1 saturated heterocycles. The number of rotatable bonds is 6. The summed E-state index contributed by atoms with van der Waals surface area (Å²) >= 11 is 3.40. The van der Waals surface area contributed by atoms with Gasteiger partial charge < -0.3 is 5.32 Å². The monoisotopic (exact) mass is 438 g/mol. The molecule has 0 bridgehead atoms. The molecule has 144 valence electrons. The number of halogens is 1. The van der Waals surface area contributed by atoms with Crippen LogP contribution in [0.2, 0.25) is 0 Å². The summed E-state index contributed by atoms with van der Waals surface area (Å²) in [7, 11) is 0. The zero-order chi connectivity index (χ0) is 19.3. The van der Waals surface area contributed by atoms with Crippen molar-refractivity contribution in [3.8, 4) is 5.69 Å². The lowest BCUT2D eigenvalue weighted by Gasteiger charge is -2.28. The Balaban J connectivity index is 1.43. The van der Waals surface area contributed by atoms with Gasteiger partial charge in [0, 0.05) is 18.3 Å². The average molecular weight is 439 g/mol. The normalized spacial score (nSPS) is 15.5. The molecule has 1 fully saturated rings. The number of benzene rings is 2. The van der Waals surface area contributed by atoms with Gasteiger partial charge >= 0.3 is 0 Å². The lowest BCUT2D eigenvalue weighted by atomic mass is 10.1. The van der Waals surface area contributed by atoms with E-state index in [9.17, 15) is 4.79 Å². The third-order valence-corrected chi connectivity index (χ3v) is 5.58. The lowest BCUT2D eigenvalue weighted by Crippen LogP contribution is -2.36. The number of likely N-dealkylation sites (tertiary alicyclic amines) is 1. The van der Waals surface area contributed by atoms with Gasteiger partial charge in [-0.25, -0.2) is 4.68 Å². The van der Waals surface area contributed by atoms with Gasteiger partial charge in [-0.05, 0) is 71.7 Å². The van der Waals surface area contributed by atoms with Gasteiger partial charge in [0.15, 0.2) is 0 Å². The van der Waals surface area contributed by atoms with Crippen LogP contribution >= 0.6 is 15.9 Å². The van der Waals surface area contributed by atoms with Crippen molar-refractivity contribution in [2.45, 2.75) is 18.9 Å². The fraction of sp³-hybridized carbons (Fsp3) is 0.273. The zero-order valence-corrected chi connectivity index (χ0v) is 17.2. The quantitative estimate of drug-likeness (QED) is 0.627. The van der Waals surface area contributed by atoms with Crippen molar-refractivity contribution in [3.63, 3.8) is 0 Å². The molecule has 4 rings (SSSR count). The minimum atomic E-state index is -0.0478. The Labute approximate surface area is 173 Å². The second-order valence-corrected chi connectivity index (χ2v) is 7.95. The van der Waals surface area contributed by atoms with Gasteiger partial charge in [0.05, 0.1) is 22.4 Å². The Morgan fingerprint density at radius 1 is 1.07 bits per heavy atom. The highest BCUT2D eigenvalue weighted by molar-refractivity contribution is 9.10. The van der Waals surface area contributed by atoms with Crippen LogP contribution in [0.25, 0.3) is 5.69 Å². The Morgan fingerprint density at radius 3 is 2.43 bits per heavy atom. The Kier molecular flexibility index (Phi) is 5.88. The largest absolute Gasteiger partial charge is 0.350 e. The van der Waals surface area contributed by atoms with Crippen molar-refractivity contribution in [2.75, 3.05) is 19.6 Å². The summed E-state index contributed by atoms with van der Waals surface area (Å²) in [4.78, 5) is 15.2. The molecule has 2 aromatic carbocycles. The molecule has 0 saturated carbocycles. The second-order valence-electron chi connectivity index (χ2n) is 7.03. The number of aromatic nitrogens is 2. The number of nitrogens with one attached hydrogen (secondary N) is 1. The highest BCUT2D eigenvalue weighted by Crippen LogP contribution is 2.24. The lowest BCUT2D eigenvalue weighted by molar-refractivity contribution is 0.0938. The van der Waals surface area contributed by atoms with Gasteiger partial charge in [0.25, 0.3) is 5.91 Å². The first-order valence-electron chi connectivity index (χ1n) is 9.58. The Hall–Kier alpha value is -2.44. The van der Waals surface area contributed by atoms with Crippen LogP contribution in [0.4, 0.5) is 0 Å². The molecule has 28 heavy (non-hydrogen) atoms. The van der Waals surface area contributed by atoms with Crippen LogP contribution in [0.5, 0.6) is 0 Å². The molecular formula is C22H23BrN4O. The van der Waals surface area contributed by atoms with Gasteiger partial charge in [-0.1, -0.05) is 30.3 Å². The van der Waals surface area contributed by atoms with E-state index >= 15 is 0 Å². The number of hydrogen-bond acceptors (Lipinski definition) is 3. The molecular weight excluding hydrogens is 416 g/mol. The van der Waals surface area contributed by atoms with E-state index in [2.05, 4.69) is 55.5 Å². The molecule has 1 unspecified atom stereocenters. The number of nitrogens with zero attached hydrogens (tertiary/aromatic N) is 3. The summed E-state index contributed by atoms with van der Waals surface area (Å²) in [5.41, 5.74) is 2.83. The van der Waals surface area contributed by atoms with E-state index in [1.807, 2.05) is 36.5 Å². The van der Waals surface area contributed by atoms with Crippen LogP contribution in [0, 0.1) is 0 Å². The first-order chi connectivity index (χ1) is 13.7. The van der Waals surface area contributed by atoms with E-state index in [-0.39, 0.29) is 11.9 Å². The zero-order valence-electron chi connectivity index (χ0n) is 15.6. The number of carbonyl (C=O) groups is 1. The summed E-state index contributed by atoms with van der Waals surface area (Å²) < 4.78 is 2.69. The fourth-order valence-electron chi connectivity index (χ4n) is 3.69. The van der Waals surface area contributed by atoms with Crippen molar-refractivity contribution in [1.29, 1.82) is 0 Å². The Morgan fingerprint density at radius 2 is 1.79 bits per heavy atom. The van der Waals surface area contributed by atoms with Crippen LogP contribution < -0.4 is 5.32 Å². The predicted octanol–water partition coefficient (Wildman–Crippen LogP) is 4.20. The van der Waals surface area contributed by atoms with Crippen LogP contribution in [0.15, 0.2) is 71.5 Å². The summed E-state index contributed by atoms with van der Waals surface area (Å²) in [5.74, 6) is -0.0478. The molecule has 0 aliphatic carbocycles. The van der Waals surface area contributed by atoms with Crippen LogP contribution in [-0.2, 0) is 0 Å². The average Bonchev–Trinajstić information content (AvgIpc) is 3.41.